The summed E-state index contributed by atoms with van der Waals surface area (Å²) in [5.74, 6) is 0. The Balaban J connectivity index is 2.09. The Labute approximate surface area is 122 Å². The van der Waals surface area contributed by atoms with Crippen molar-refractivity contribution < 1.29 is 4.74 Å². The first-order valence-corrected chi connectivity index (χ1v) is 8.27. The quantitative estimate of drug-likeness (QED) is 0.884. The van der Waals surface area contributed by atoms with E-state index in [0.29, 0.717) is 12.1 Å². The fraction of sp³-hybridized carbons (Fsp3) is 0.714. The lowest BCUT2D eigenvalue weighted by Gasteiger charge is -2.33. The maximum atomic E-state index is 5.83. The minimum Gasteiger partial charge on any atom is -0.378 e. The number of halogens is 1. The summed E-state index contributed by atoms with van der Waals surface area (Å²) in [6, 6.07) is 2.78. The normalized spacial score (nSPS) is 28.2. The van der Waals surface area contributed by atoms with Gasteiger partial charge in [-0.05, 0) is 41.8 Å². The Morgan fingerprint density at radius 3 is 2.89 bits per heavy atom. The maximum Gasteiger partial charge on any atom is 0.0619 e. The summed E-state index contributed by atoms with van der Waals surface area (Å²) in [6.45, 7) is 8.57. The minimum atomic E-state index is 0.258. The van der Waals surface area contributed by atoms with E-state index in [4.69, 9.17) is 4.74 Å². The van der Waals surface area contributed by atoms with E-state index in [9.17, 15) is 0 Å². The summed E-state index contributed by atoms with van der Waals surface area (Å²) in [7, 11) is 0. The molecule has 102 valence electrons. The zero-order chi connectivity index (χ0) is 13.2. The minimum absolute atomic E-state index is 0.258. The zero-order valence-electron chi connectivity index (χ0n) is 11.3. The third-order valence-electron chi connectivity index (χ3n) is 3.84. The lowest BCUT2D eigenvalue weighted by atomic mass is 9.78. The van der Waals surface area contributed by atoms with Gasteiger partial charge in [-0.2, -0.15) is 0 Å². The zero-order valence-corrected chi connectivity index (χ0v) is 13.7. The molecule has 0 saturated carbocycles. The van der Waals surface area contributed by atoms with Crippen LogP contribution in [-0.4, -0.2) is 25.3 Å². The summed E-state index contributed by atoms with van der Waals surface area (Å²) >= 11 is 5.38. The van der Waals surface area contributed by atoms with Crippen molar-refractivity contribution in [2.75, 3.05) is 13.2 Å². The molecule has 2 rings (SSSR count). The molecule has 1 N–H and O–H groups in total. The van der Waals surface area contributed by atoms with Gasteiger partial charge in [0.25, 0.3) is 0 Å². The Hall–Kier alpha value is 0.1000. The van der Waals surface area contributed by atoms with Crippen molar-refractivity contribution in [3.05, 3.63) is 20.8 Å². The van der Waals surface area contributed by atoms with Crippen molar-refractivity contribution >= 4 is 27.3 Å². The average Bonchev–Trinajstić information content (AvgIpc) is 2.85. The highest BCUT2D eigenvalue weighted by Gasteiger charge is 2.41. The van der Waals surface area contributed by atoms with Gasteiger partial charge in [0.1, 0.15) is 0 Å². The van der Waals surface area contributed by atoms with E-state index in [1.54, 1.807) is 0 Å². The summed E-state index contributed by atoms with van der Waals surface area (Å²) in [5.41, 5.74) is 0.258. The SMILES string of the molecule is CC(C)NCC1(Cc2cc(Br)cs2)CCOC1C. The first-order valence-electron chi connectivity index (χ1n) is 6.60. The van der Waals surface area contributed by atoms with E-state index in [0.717, 1.165) is 26.0 Å². The molecule has 2 atom stereocenters. The van der Waals surface area contributed by atoms with Crippen LogP contribution in [0.1, 0.15) is 32.1 Å². The smallest absolute Gasteiger partial charge is 0.0619 e. The van der Waals surface area contributed by atoms with Gasteiger partial charge in [0.15, 0.2) is 0 Å². The van der Waals surface area contributed by atoms with Gasteiger partial charge in [-0.1, -0.05) is 13.8 Å². The first kappa shape index (κ1) is 14.5. The molecule has 1 aromatic heterocycles. The van der Waals surface area contributed by atoms with Gasteiger partial charge >= 0.3 is 0 Å². The van der Waals surface area contributed by atoms with Crippen LogP contribution in [0, 0.1) is 5.41 Å². The molecular formula is C14H22BrNOS. The van der Waals surface area contributed by atoms with E-state index in [-0.39, 0.29) is 5.41 Å². The van der Waals surface area contributed by atoms with Crippen molar-refractivity contribution in [3.63, 3.8) is 0 Å². The van der Waals surface area contributed by atoms with Crippen LogP contribution in [0.15, 0.2) is 15.9 Å². The summed E-state index contributed by atoms with van der Waals surface area (Å²) in [4.78, 5) is 1.45. The molecule has 0 aromatic carbocycles. The molecule has 2 nitrogen and oxygen atoms in total. The molecule has 1 aromatic rings. The fourth-order valence-corrected chi connectivity index (χ4v) is 4.15. The van der Waals surface area contributed by atoms with Crippen LogP contribution < -0.4 is 5.32 Å². The molecule has 0 amide bonds. The van der Waals surface area contributed by atoms with Gasteiger partial charge in [-0.3, -0.25) is 0 Å². The predicted octanol–water partition coefficient (Wildman–Crippen LogP) is 3.85. The Morgan fingerprint density at radius 1 is 1.61 bits per heavy atom. The lowest BCUT2D eigenvalue weighted by Crippen LogP contribution is -2.43. The number of hydrogen-bond acceptors (Lipinski definition) is 3. The van der Waals surface area contributed by atoms with Crippen molar-refractivity contribution in [1.29, 1.82) is 0 Å². The van der Waals surface area contributed by atoms with Gasteiger partial charge in [-0.15, -0.1) is 11.3 Å². The third kappa shape index (κ3) is 3.35. The molecule has 1 fully saturated rings. The molecule has 1 aliphatic heterocycles. The number of ether oxygens (including phenoxy) is 1. The molecule has 1 saturated heterocycles. The van der Waals surface area contributed by atoms with Gasteiger partial charge < -0.3 is 10.1 Å². The number of thiophene rings is 1. The third-order valence-corrected chi connectivity index (χ3v) is 5.54. The standard InChI is InChI=1S/C14H22BrNOS/c1-10(2)16-9-14(4-5-17-11(14)3)7-13-6-12(15)8-18-13/h6,8,10-11,16H,4-5,7,9H2,1-3H3. The lowest BCUT2D eigenvalue weighted by molar-refractivity contribution is 0.0624. The van der Waals surface area contributed by atoms with E-state index in [1.165, 1.54) is 9.35 Å². The molecule has 0 radical (unpaired) electrons. The molecule has 18 heavy (non-hydrogen) atoms. The van der Waals surface area contributed by atoms with Crippen LogP contribution >= 0.6 is 27.3 Å². The summed E-state index contributed by atoms with van der Waals surface area (Å²) in [5, 5.41) is 5.76. The Bertz CT molecular complexity index is 393. The van der Waals surface area contributed by atoms with E-state index in [2.05, 4.69) is 53.5 Å². The van der Waals surface area contributed by atoms with E-state index in [1.807, 2.05) is 11.3 Å². The van der Waals surface area contributed by atoms with Crippen LogP contribution in [0.3, 0.4) is 0 Å². The van der Waals surface area contributed by atoms with Crippen molar-refractivity contribution in [2.45, 2.75) is 45.8 Å². The van der Waals surface area contributed by atoms with Crippen LogP contribution in [0.25, 0.3) is 0 Å². The number of nitrogens with one attached hydrogen (secondary N) is 1. The molecule has 0 bridgehead atoms. The molecule has 1 aliphatic rings. The highest BCUT2D eigenvalue weighted by molar-refractivity contribution is 9.10. The molecule has 4 heteroatoms. The highest BCUT2D eigenvalue weighted by atomic mass is 79.9. The topological polar surface area (TPSA) is 21.3 Å². The molecule has 2 heterocycles. The van der Waals surface area contributed by atoms with Crippen molar-refractivity contribution in [1.82, 2.24) is 5.32 Å². The van der Waals surface area contributed by atoms with E-state index < -0.39 is 0 Å². The molecular weight excluding hydrogens is 310 g/mol. The first-order chi connectivity index (χ1) is 8.52. The summed E-state index contributed by atoms with van der Waals surface area (Å²) in [6.07, 6.45) is 2.61. The molecule has 2 unspecified atom stereocenters. The monoisotopic (exact) mass is 331 g/mol. The fourth-order valence-electron chi connectivity index (χ4n) is 2.55. The van der Waals surface area contributed by atoms with Crippen LogP contribution in [0.4, 0.5) is 0 Å². The average molecular weight is 332 g/mol. The van der Waals surface area contributed by atoms with Crippen molar-refractivity contribution in [2.24, 2.45) is 5.41 Å². The molecule has 0 aliphatic carbocycles. The van der Waals surface area contributed by atoms with Gasteiger partial charge in [0.2, 0.25) is 0 Å². The second kappa shape index (κ2) is 6.04. The highest BCUT2D eigenvalue weighted by Crippen LogP contribution is 2.39. The molecule has 0 spiro atoms. The van der Waals surface area contributed by atoms with E-state index >= 15 is 0 Å². The van der Waals surface area contributed by atoms with Gasteiger partial charge in [-0.25, -0.2) is 0 Å². The summed E-state index contributed by atoms with van der Waals surface area (Å²) < 4.78 is 7.03. The predicted molar refractivity (Wildman–Crippen MR) is 81.3 cm³/mol. The Kier molecular flexibility index (Phi) is 4.86. The van der Waals surface area contributed by atoms with Gasteiger partial charge in [0, 0.05) is 39.3 Å². The Morgan fingerprint density at radius 2 is 2.39 bits per heavy atom. The van der Waals surface area contributed by atoms with Crippen molar-refractivity contribution in [3.8, 4) is 0 Å². The van der Waals surface area contributed by atoms with Gasteiger partial charge in [0.05, 0.1) is 6.10 Å². The van der Waals surface area contributed by atoms with Crippen LogP contribution in [0.5, 0.6) is 0 Å². The largest absolute Gasteiger partial charge is 0.378 e. The van der Waals surface area contributed by atoms with Crippen LogP contribution in [0.2, 0.25) is 0 Å². The number of hydrogen-bond donors (Lipinski definition) is 1. The maximum absolute atomic E-state index is 5.83. The van der Waals surface area contributed by atoms with Crippen LogP contribution in [-0.2, 0) is 11.2 Å². The second-order valence-corrected chi connectivity index (χ2v) is 7.48. The second-order valence-electron chi connectivity index (χ2n) is 5.57. The number of rotatable bonds is 5.